The third-order valence-electron chi connectivity index (χ3n) is 3.74. The van der Waals surface area contributed by atoms with E-state index in [-0.39, 0.29) is 30.3 Å². The maximum absolute atomic E-state index is 13.8. The Morgan fingerprint density at radius 1 is 1.12 bits per heavy atom. The average Bonchev–Trinajstić information content (AvgIpc) is 3.02. The predicted molar refractivity (Wildman–Crippen MR) is 88.7 cm³/mol. The van der Waals surface area contributed by atoms with Crippen LogP contribution >= 0.6 is 0 Å². The smallest absolute Gasteiger partial charge is 0.275 e. The maximum atomic E-state index is 13.8. The van der Waals surface area contributed by atoms with E-state index in [0.29, 0.717) is 5.56 Å². The van der Waals surface area contributed by atoms with E-state index in [4.69, 9.17) is 0 Å². The standard InChI is InChI=1S/C18H16FN3O3/c19-14-7-3-4-8-15(14)22-10-16(24)17(21-22)18(25)20-9-12-5-1-2-6-13(12)11-23/h1-8,10,23-24H,9,11H2,(H,20,25). The molecule has 25 heavy (non-hydrogen) atoms. The molecule has 0 fully saturated rings. The highest BCUT2D eigenvalue weighted by molar-refractivity contribution is 5.94. The number of aliphatic hydroxyl groups is 1. The van der Waals surface area contributed by atoms with Crippen molar-refractivity contribution in [3.63, 3.8) is 0 Å². The number of carbonyl (C=O) groups excluding carboxylic acids is 1. The van der Waals surface area contributed by atoms with Crippen molar-refractivity contribution >= 4 is 5.91 Å². The number of para-hydroxylation sites is 1. The summed E-state index contributed by atoms with van der Waals surface area (Å²) in [7, 11) is 0. The van der Waals surface area contributed by atoms with Gasteiger partial charge in [-0.3, -0.25) is 4.79 Å². The van der Waals surface area contributed by atoms with Crippen molar-refractivity contribution in [3.8, 4) is 11.4 Å². The van der Waals surface area contributed by atoms with Gasteiger partial charge in [-0.05, 0) is 23.3 Å². The largest absolute Gasteiger partial charge is 0.504 e. The van der Waals surface area contributed by atoms with E-state index in [2.05, 4.69) is 10.4 Å². The second-order valence-electron chi connectivity index (χ2n) is 5.37. The van der Waals surface area contributed by atoms with Gasteiger partial charge in [0, 0.05) is 6.54 Å². The van der Waals surface area contributed by atoms with Crippen LogP contribution in [0.3, 0.4) is 0 Å². The molecule has 1 heterocycles. The van der Waals surface area contributed by atoms with Crippen molar-refractivity contribution in [2.24, 2.45) is 0 Å². The van der Waals surface area contributed by atoms with Gasteiger partial charge >= 0.3 is 0 Å². The maximum Gasteiger partial charge on any atom is 0.275 e. The van der Waals surface area contributed by atoms with Gasteiger partial charge in [-0.2, -0.15) is 5.10 Å². The van der Waals surface area contributed by atoms with Gasteiger partial charge in [-0.15, -0.1) is 0 Å². The van der Waals surface area contributed by atoms with Crippen molar-refractivity contribution in [3.05, 3.63) is 77.4 Å². The number of nitrogens with one attached hydrogen (secondary N) is 1. The van der Waals surface area contributed by atoms with Gasteiger partial charge in [0.2, 0.25) is 0 Å². The zero-order valence-corrected chi connectivity index (χ0v) is 13.2. The molecule has 0 atom stereocenters. The number of halogens is 1. The summed E-state index contributed by atoms with van der Waals surface area (Å²) < 4.78 is 14.9. The normalized spacial score (nSPS) is 10.6. The highest BCUT2D eigenvalue weighted by Gasteiger charge is 2.18. The Balaban J connectivity index is 1.78. The van der Waals surface area contributed by atoms with Crippen molar-refractivity contribution in [1.82, 2.24) is 15.1 Å². The fourth-order valence-electron chi connectivity index (χ4n) is 2.43. The Hall–Kier alpha value is -3.19. The first-order valence-electron chi connectivity index (χ1n) is 7.59. The lowest BCUT2D eigenvalue weighted by atomic mass is 10.1. The minimum atomic E-state index is -0.597. The van der Waals surface area contributed by atoms with Crippen LogP contribution < -0.4 is 5.32 Å². The number of amides is 1. The monoisotopic (exact) mass is 341 g/mol. The molecule has 0 saturated heterocycles. The van der Waals surface area contributed by atoms with Crippen molar-refractivity contribution in [2.75, 3.05) is 0 Å². The Labute approximate surface area is 143 Å². The second-order valence-corrected chi connectivity index (χ2v) is 5.37. The van der Waals surface area contributed by atoms with E-state index in [0.717, 1.165) is 10.2 Å². The molecule has 2 aromatic carbocycles. The van der Waals surface area contributed by atoms with Gasteiger partial charge in [-0.25, -0.2) is 9.07 Å². The molecule has 7 heteroatoms. The van der Waals surface area contributed by atoms with E-state index in [1.54, 1.807) is 30.3 Å². The zero-order chi connectivity index (χ0) is 17.8. The Kier molecular flexibility index (Phi) is 4.76. The van der Waals surface area contributed by atoms with Crippen molar-refractivity contribution in [2.45, 2.75) is 13.2 Å². The third kappa shape index (κ3) is 3.51. The van der Waals surface area contributed by atoms with Crippen molar-refractivity contribution < 1.29 is 19.4 Å². The van der Waals surface area contributed by atoms with Gasteiger partial charge < -0.3 is 15.5 Å². The number of nitrogens with zero attached hydrogens (tertiary/aromatic N) is 2. The molecule has 0 aliphatic heterocycles. The number of hydrogen-bond acceptors (Lipinski definition) is 4. The number of benzene rings is 2. The van der Waals surface area contributed by atoms with Crippen molar-refractivity contribution in [1.29, 1.82) is 0 Å². The van der Waals surface area contributed by atoms with Crippen LogP contribution in [0.1, 0.15) is 21.6 Å². The van der Waals surface area contributed by atoms with E-state index in [1.165, 1.54) is 24.4 Å². The second kappa shape index (κ2) is 7.14. The van der Waals surface area contributed by atoms with Gasteiger partial charge in [0.1, 0.15) is 11.5 Å². The van der Waals surface area contributed by atoms with Gasteiger partial charge in [0.15, 0.2) is 11.4 Å². The molecule has 128 valence electrons. The molecule has 0 bridgehead atoms. The molecule has 1 aromatic heterocycles. The highest BCUT2D eigenvalue weighted by atomic mass is 19.1. The van der Waals surface area contributed by atoms with Crippen LogP contribution in [0.5, 0.6) is 5.75 Å². The summed E-state index contributed by atoms with van der Waals surface area (Å²) in [6.45, 7) is 0.0285. The van der Waals surface area contributed by atoms with Crippen LogP contribution in [0.25, 0.3) is 5.69 Å². The highest BCUT2D eigenvalue weighted by Crippen LogP contribution is 2.20. The first kappa shape index (κ1) is 16.7. The predicted octanol–water partition coefficient (Wildman–Crippen LogP) is 2.14. The third-order valence-corrected chi connectivity index (χ3v) is 3.74. The lowest BCUT2D eigenvalue weighted by Crippen LogP contribution is -2.24. The topological polar surface area (TPSA) is 87.4 Å². The van der Waals surface area contributed by atoms with E-state index in [9.17, 15) is 19.4 Å². The first-order chi connectivity index (χ1) is 12.1. The molecule has 3 N–H and O–H groups in total. The average molecular weight is 341 g/mol. The number of carbonyl (C=O) groups is 1. The lowest BCUT2D eigenvalue weighted by molar-refractivity contribution is 0.0942. The van der Waals surface area contributed by atoms with Gasteiger partial charge in [-0.1, -0.05) is 36.4 Å². The molecule has 3 aromatic rings. The molecule has 0 radical (unpaired) electrons. The quantitative estimate of drug-likeness (QED) is 0.663. The molecule has 0 unspecified atom stereocenters. The summed E-state index contributed by atoms with van der Waals surface area (Å²) in [5, 5.41) is 25.8. The number of rotatable bonds is 5. The number of hydrogen-bond donors (Lipinski definition) is 3. The summed E-state index contributed by atoms with van der Waals surface area (Å²) in [4.78, 5) is 12.3. The summed E-state index contributed by atoms with van der Waals surface area (Å²) >= 11 is 0. The van der Waals surface area contributed by atoms with E-state index in [1.807, 2.05) is 0 Å². The van der Waals surface area contributed by atoms with Crippen LogP contribution in [0.2, 0.25) is 0 Å². The van der Waals surface area contributed by atoms with Gasteiger partial charge in [0.25, 0.3) is 5.91 Å². The minimum Gasteiger partial charge on any atom is -0.504 e. The Morgan fingerprint density at radius 3 is 2.52 bits per heavy atom. The number of aromatic nitrogens is 2. The molecule has 1 amide bonds. The summed E-state index contributed by atoms with van der Waals surface area (Å²) in [6.07, 6.45) is 1.18. The van der Waals surface area contributed by atoms with E-state index >= 15 is 0 Å². The minimum absolute atomic E-state index is 0.127. The van der Waals surface area contributed by atoms with Crippen LogP contribution in [0.4, 0.5) is 4.39 Å². The van der Waals surface area contributed by atoms with Crippen LogP contribution in [0.15, 0.2) is 54.7 Å². The Bertz CT molecular complexity index is 908. The molecule has 0 aliphatic carbocycles. The fourth-order valence-corrected chi connectivity index (χ4v) is 2.43. The summed E-state index contributed by atoms with van der Waals surface area (Å²) in [5.74, 6) is -1.47. The molecular formula is C18H16FN3O3. The number of aliphatic hydroxyl groups excluding tert-OH is 1. The van der Waals surface area contributed by atoms with E-state index < -0.39 is 11.7 Å². The van der Waals surface area contributed by atoms with Crippen LogP contribution in [-0.2, 0) is 13.2 Å². The molecule has 0 saturated carbocycles. The summed E-state index contributed by atoms with van der Waals surface area (Å²) in [6, 6.07) is 13.0. The zero-order valence-electron chi connectivity index (χ0n) is 13.2. The molecule has 6 nitrogen and oxygen atoms in total. The SMILES string of the molecule is O=C(NCc1ccccc1CO)c1nn(-c2ccccc2F)cc1O. The summed E-state index contributed by atoms with van der Waals surface area (Å²) in [5.41, 5.74) is 1.38. The molecule has 0 aliphatic rings. The lowest BCUT2D eigenvalue weighted by Gasteiger charge is -2.08. The first-order valence-corrected chi connectivity index (χ1v) is 7.59. The Morgan fingerprint density at radius 2 is 1.80 bits per heavy atom. The number of aromatic hydroxyl groups is 1. The molecule has 0 spiro atoms. The molecule has 3 rings (SSSR count). The van der Waals surface area contributed by atoms with Gasteiger partial charge in [0.05, 0.1) is 12.8 Å². The van der Waals surface area contributed by atoms with Crippen LogP contribution in [0, 0.1) is 5.82 Å². The molecular weight excluding hydrogens is 325 g/mol. The fraction of sp³-hybridized carbons (Fsp3) is 0.111. The van der Waals surface area contributed by atoms with Crippen LogP contribution in [-0.4, -0.2) is 25.9 Å².